The molecule has 1 heterocycles. The maximum absolute atomic E-state index is 13.1. The van der Waals surface area contributed by atoms with E-state index in [2.05, 4.69) is 25.7 Å². The van der Waals surface area contributed by atoms with Crippen LogP contribution < -0.4 is 0 Å². The Morgan fingerprint density at radius 2 is 1.86 bits per heavy atom. The van der Waals surface area contributed by atoms with E-state index in [0.29, 0.717) is 6.04 Å². The second-order valence-corrected chi connectivity index (χ2v) is 7.33. The van der Waals surface area contributed by atoms with Crippen molar-refractivity contribution in [2.45, 2.75) is 45.7 Å². The van der Waals surface area contributed by atoms with E-state index < -0.39 is 0 Å². The Bertz CT molecular complexity index is 476. The topological polar surface area (TPSA) is 23.6 Å². The summed E-state index contributed by atoms with van der Waals surface area (Å²) in [7, 11) is 3.97. The first-order valence-corrected chi connectivity index (χ1v) is 7.84. The molecule has 0 spiro atoms. The number of hydrogen-bond donors (Lipinski definition) is 0. The molecule has 0 saturated carbocycles. The fourth-order valence-corrected chi connectivity index (χ4v) is 3.38. The van der Waals surface area contributed by atoms with E-state index in [4.69, 9.17) is 0 Å². The summed E-state index contributed by atoms with van der Waals surface area (Å²) in [6.45, 7) is 7.58. The molecule has 2 atom stereocenters. The van der Waals surface area contributed by atoms with Gasteiger partial charge in [-0.3, -0.25) is 9.69 Å². The number of likely N-dealkylation sites (tertiary alicyclic amines) is 1. The van der Waals surface area contributed by atoms with Gasteiger partial charge < -0.3 is 4.90 Å². The van der Waals surface area contributed by atoms with Crippen molar-refractivity contribution in [3.05, 3.63) is 35.9 Å². The van der Waals surface area contributed by atoms with Crippen LogP contribution in [-0.4, -0.2) is 42.4 Å². The quantitative estimate of drug-likeness (QED) is 0.852. The number of nitrogens with zero attached hydrogens (tertiary/aromatic N) is 2. The monoisotopic (exact) mass is 288 g/mol. The number of benzene rings is 1. The summed E-state index contributed by atoms with van der Waals surface area (Å²) in [4.78, 5) is 17.3. The van der Waals surface area contributed by atoms with E-state index >= 15 is 0 Å². The summed E-state index contributed by atoms with van der Waals surface area (Å²) in [6, 6.07) is 10.3. The minimum atomic E-state index is -0.186. The van der Waals surface area contributed by atoms with Crippen molar-refractivity contribution in [3.63, 3.8) is 0 Å². The Morgan fingerprint density at radius 1 is 1.24 bits per heavy atom. The second kappa shape index (κ2) is 6.18. The lowest BCUT2D eigenvalue weighted by Crippen LogP contribution is -2.47. The molecular formula is C18H28N2O. The van der Waals surface area contributed by atoms with Gasteiger partial charge in [0.15, 0.2) is 0 Å². The first-order valence-electron chi connectivity index (χ1n) is 7.84. The largest absolute Gasteiger partial charge is 0.338 e. The number of hydrogen-bond acceptors (Lipinski definition) is 2. The molecule has 21 heavy (non-hydrogen) atoms. The Labute approximate surface area is 128 Å². The zero-order valence-corrected chi connectivity index (χ0v) is 14.0. The highest BCUT2D eigenvalue weighted by atomic mass is 16.2. The average Bonchev–Trinajstić information content (AvgIpc) is 2.88. The van der Waals surface area contributed by atoms with E-state index in [9.17, 15) is 4.79 Å². The van der Waals surface area contributed by atoms with Crippen LogP contribution in [0.3, 0.4) is 0 Å². The van der Waals surface area contributed by atoms with Crippen LogP contribution in [-0.2, 0) is 4.79 Å². The molecule has 0 radical (unpaired) electrons. The molecule has 1 aliphatic rings. The van der Waals surface area contributed by atoms with Gasteiger partial charge in [0.2, 0.25) is 5.91 Å². The minimum Gasteiger partial charge on any atom is -0.338 e. The third-order valence-electron chi connectivity index (χ3n) is 4.40. The molecule has 0 unspecified atom stereocenters. The molecule has 0 bridgehead atoms. The average molecular weight is 288 g/mol. The van der Waals surface area contributed by atoms with Crippen LogP contribution in [0.1, 0.15) is 45.2 Å². The maximum atomic E-state index is 13.1. The van der Waals surface area contributed by atoms with Crippen LogP contribution in [0.25, 0.3) is 0 Å². The predicted octanol–water partition coefficient (Wildman–Crippen LogP) is 3.33. The van der Waals surface area contributed by atoms with Crippen molar-refractivity contribution in [1.29, 1.82) is 0 Å². The zero-order valence-electron chi connectivity index (χ0n) is 14.0. The van der Waals surface area contributed by atoms with Crippen LogP contribution in [0.15, 0.2) is 30.3 Å². The number of amides is 1. The highest BCUT2D eigenvalue weighted by Crippen LogP contribution is 2.35. The summed E-state index contributed by atoms with van der Waals surface area (Å²) in [5.74, 6) is 0.239. The van der Waals surface area contributed by atoms with Crippen LogP contribution in [0, 0.1) is 5.41 Å². The van der Waals surface area contributed by atoms with Crippen molar-refractivity contribution >= 4 is 5.91 Å². The van der Waals surface area contributed by atoms with Crippen molar-refractivity contribution in [2.24, 2.45) is 5.41 Å². The van der Waals surface area contributed by atoms with Crippen LogP contribution >= 0.6 is 0 Å². The molecule has 1 saturated heterocycles. The Kier molecular flexibility index (Phi) is 4.72. The third-order valence-corrected chi connectivity index (χ3v) is 4.40. The number of likely N-dealkylation sites (N-methyl/N-ethyl adjacent to an activating group) is 1. The second-order valence-electron chi connectivity index (χ2n) is 7.33. The predicted molar refractivity (Wildman–Crippen MR) is 87.1 cm³/mol. The molecule has 0 aliphatic carbocycles. The zero-order chi connectivity index (χ0) is 15.6. The van der Waals surface area contributed by atoms with Crippen molar-refractivity contribution in [3.8, 4) is 0 Å². The summed E-state index contributed by atoms with van der Waals surface area (Å²) in [6.07, 6.45) is 2.23. The summed E-state index contributed by atoms with van der Waals surface area (Å²) < 4.78 is 0. The number of rotatable bonds is 3. The lowest BCUT2D eigenvalue weighted by molar-refractivity contribution is -0.139. The molecule has 3 heteroatoms. The van der Waals surface area contributed by atoms with Crippen molar-refractivity contribution < 1.29 is 4.79 Å². The molecule has 1 fully saturated rings. The minimum absolute atomic E-state index is 0.139. The van der Waals surface area contributed by atoms with Gasteiger partial charge in [0.25, 0.3) is 0 Å². The first-order chi connectivity index (χ1) is 9.82. The number of carbonyl (C=O) groups is 1. The van der Waals surface area contributed by atoms with Gasteiger partial charge in [-0.2, -0.15) is 0 Å². The van der Waals surface area contributed by atoms with E-state index in [1.165, 1.54) is 0 Å². The van der Waals surface area contributed by atoms with E-state index in [1.807, 2.05) is 49.3 Å². The molecule has 0 aromatic heterocycles. The van der Waals surface area contributed by atoms with Gasteiger partial charge in [0.05, 0.1) is 0 Å². The van der Waals surface area contributed by atoms with Gasteiger partial charge in [-0.05, 0) is 37.9 Å². The van der Waals surface area contributed by atoms with Gasteiger partial charge in [-0.25, -0.2) is 0 Å². The lowest BCUT2D eigenvalue weighted by atomic mass is 9.85. The van der Waals surface area contributed by atoms with Crippen molar-refractivity contribution in [1.82, 2.24) is 9.80 Å². The fourth-order valence-electron chi connectivity index (χ4n) is 3.38. The molecule has 2 rings (SSSR count). The Morgan fingerprint density at radius 3 is 2.38 bits per heavy atom. The van der Waals surface area contributed by atoms with E-state index in [0.717, 1.165) is 24.9 Å². The van der Waals surface area contributed by atoms with Crippen LogP contribution in [0.4, 0.5) is 0 Å². The fraction of sp³-hybridized carbons (Fsp3) is 0.611. The van der Waals surface area contributed by atoms with E-state index in [1.54, 1.807) is 0 Å². The van der Waals surface area contributed by atoms with Gasteiger partial charge in [0, 0.05) is 12.6 Å². The lowest BCUT2D eigenvalue weighted by Gasteiger charge is -2.38. The highest BCUT2D eigenvalue weighted by Gasteiger charge is 2.40. The van der Waals surface area contributed by atoms with Gasteiger partial charge in [0.1, 0.15) is 6.04 Å². The molecule has 1 aromatic carbocycles. The Hall–Kier alpha value is -1.35. The van der Waals surface area contributed by atoms with E-state index in [-0.39, 0.29) is 17.4 Å². The molecule has 1 amide bonds. The molecule has 3 nitrogen and oxygen atoms in total. The standard InChI is InChI=1S/C18H28N2O/c1-18(2,3)15-12-9-13-20(15)17(21)16(19(4)5)14-10-7-6-8-11-14/h6-8,10-11,15-16H,9,12-13H2,1-5H3/t15-,16+/m0/s1. The molecular weight excluding hydrogens is 260 g/mol. The maximum Gasteiger partial charge on any atom is 0.244 e. The molecule has 1 aromatic rings. The first kappa shape index (κ1) is 16.0. The van der Waals surface area contributed by atoms with Crippen LogP contribution in [0.5, 0.6) is 0 Å². The van der Waals surface area contributed by atoms with Crippen molar-refractivity contribution in [2.75, 3.05) is 20.6 Å². The van der Waals surface area contributed by atoms with Gasteiger partial charge in [-0.15, -0.1) is 0 Å². The summed E-state index contributed by atoms with van der Waals surface area (Å²) >= 11 is 0. The van der Waals surface area contributed by atoms with Gasteiger partial charge >= 0.3 is 0 Å². The normalized spacial score (nSPS) is 20.9. The van der Waals surface area contributed by atoms with Gasteiger partial charge in [-0.1, -0.05) is 51.1 Å². The molecule has 1 aliphatic heterocycles. The van der Waals surface area contributed by atoms with Crippen LogP contribution in [0.2, 0.25) is 0 Å². The highest BCUT2D eigenvalue weighted by molar-refractivity contribution is 5.84. The Balaban J connectivity index is 2.27. The molecule has 0 N–H and O–H groups in total. The smallest absolute Gasteiger partial charge is 0.244 e. The molecule has 116 valence electrons. The summed E-state index contributed by atoms with van der Waals surface area (Å²) in [5, 5.41) is 0. The third kappa shape index (κ3) is 3.46. The number of carbonyl (C=O) groups excluding carboxylic acids is 1. The SMILES string of the molecule is CN(C)[C@@H](C(=O)N1CCC[C@H]1C(C)(C)C)c1ccccc1. The summed E-state index contributed by atoms with van der Waals surface area (Å²) in [5.41, 5.74) is 1.21.